The minimum absolute atomic E-state index is 0. The molecule has 12 heteroatoms. The van der Waals surface area contributed by atoms with E-state index in [4.69, 9.17) is 4.74 Å². The normalized spacial score (nSPS) is 16.0. The van der Waals surface area contributed by atoms with E-state index in [1.165, 1.54) is 18.0 Å². The summed E-state index contributed by atoms with van der Waals surface area (Å²) >= 11 is 1.52. The van der Waals surface area contributed by atoms with E-state index in [9.17, 15) is 9.18 Å². The quantitative estimate of drug-likeness (QED) is 0.455. The van der Waals surface area contributed by atoms with Gasteiger partial charge in [-0.05, 0) is 50.6 Å². The maximum Gasteiger partial charge on any atom is 0.235 e. The highest BCUT2D eigenvalue weighted by Crippen LogP contribution is 2.29. The van der Waals surface area contributed by atoms with Crippen LogP contribution in [0.4, 0.5) is 10.2 Å². The maximum absolute atomic E-state index is 14.6. The van der Waals surface area contributed by atoms with Gasteiger partial charge in [0, 0.05) is 30.8 Å². The number of halogens is 3. The molecule has 5 rings (SSSR count). The van der Waals surface area contributed by atoms with Gasteiger partial charge >= 0.3 is 0 Å². The molecule has 3 aromatic heterocycles. The molecule has 3 aromatic rings. The molecule has 0 bridgehead atoms. The van der Waals surface area contributed by atoms with Crippen LogP contribution in [0.15, 0.2) is 35.4 Å². The fourth-order valence-electron chi connectivity index (χ4n) is 4.41. The smallest absolute Gasteiger partial charge is 0.235 e. The highest BCUT2D eigenvalue weighted by molar-refractivity contribution is 8.00. The second kappa shape index (κ2) is 12.8. The van der Waals surface area contributed by atoms with Crippen LogP contribution in [-0.2, 0) is 17.8 Å². The molecule has 1 amide bonds. The Kier molecular flexibility index (Phi) is 10.1. The second-order valence-corrected chi connectivity index (χ2v) is 9.56. The molecule has 0 atom stereocenters. The number of likely N-dealkylation sites (tertiary alicyclic amines) is 1. The number of piperidine rings is 1. The Bertz CT molecular complexity index is 1210. The van der Waals surface area contributed by atoms with Crippen molar-refractivity contribution in [2.24, 2.45) is 0 Å². The van der Waals surface area contributed by atoms with E-state index >= 15 is 0 Å². The van der Waals surface area contributed by atoms with Crippen molar-refractivity contribution in [3.63, 3.8) is 0 Å². The van der Waals surface area contributed by atoms with Crippen LogP contribution in [0.1, 0.15) is 24.1 Å². The average molecular weight is 556 g/mol. The van der Waals surface area contributed by atoms with Crippen molar-refractivity contribution in [1.82, 2.24) is 25.2 Å². The Balaban J connectivity index is 0.00000180. The second-order valence-electron chi connectivity index (χ2n) is 8.54. The van der Waals surface area contributed by atoms with Crippen LogP contribution in [0.5, 0.6) is 5.88 Å². The first-order valence-corrected chi connectivity index (χ1v) is 12.4. The van der Waals surface area contributed by atoms with Crippen molar-refractivity contribution in [2.75, 3.05) is 37.8 Å². The molecule has 0 aliphatic carbocycles. The van der Waals surface area contributed by atoms with Crippen molar-refractivity contribution in [2.45, 2.75) is 36.7 Å². The van der Waals surface area contributed by atoms with Crippen LogP contribution in [0.25, 0.3) is 11.0 Å². The van der Waals surface area contributed by atoms with E-state index in [0.29, 0.717) is 53.1 Å². The molecule has 1 fully saturated rings. The molecule has 0 saturated carbocycles. The number of methoxy groups -OCH3 is 1. The topological polar surface area (TPSA) is 92.3 Å². The van der Waals surface area contributed by atoms with E-state index in [0.717, 1.165) is 43.1 Å². The number of amides is 1. The molecule has 5 heterocycles. The van der Waals surface area contributed by atoms with Crippen molar-refractivity contribution in [1.29, 1.82) is 0 Å². The predicted molar refractivity (Wildman–Crippen MR) is 144 cm³/mol. The summed E-state index contributed by atoms with van der Waals surface area (Å²) in [6.45, 7) is 3.33. The van der Waals surface area contributed by atoms with Gasteiger partial charge in [-0.3, -0.25) is 9.78 Å². The number of hydrogen-bond acceptors (Lipinski definition) is 8. The maximum atomic E-state index is 14.6. The minimum atomic E-state index is -0.322. The van der Waals surface area contributed by atoms with Crippen molar-refractivity contribution in [3.8, 4) is 5.88 Å². The number of pyridine rings is 3. The number of hydrogen-bond donors (Lipinski definition) is 2. The number of anilines is 1. The SMILES string of the molecule is COc1ccc2ncc(F)c(CCN3CCC(NCc4ccc5c(n4)NC(=O)CS5)CC3)c2n1.Cl.Cl. The van der Waals surface area contributed by atoms with E-state index in [1.54, 1.807) is 13.2 Å². The molecule has 2 aliphatic heterocycles. The molecule has 0 aromatic carbocycles. The molecular formula is C24H29Cl2FN6O2S. The first-order chi connectivity index (χ1) is 16.6. The van der Waals surface area contributed by atoms with Gasteiger partial charge in [0.25, 0.3) is 0 Å². The largest absolute Gasteiger partial charge is 0.481 e. The molecular weight excluding hydrogens is 526 g/mol. The van der Waals surface area contributed by atoms with Crippen molar-refractivity contribution < 1.29 is 13.9 Å². The third-order valence-electron chi connectivity index (χ3n) is 6.32. The predicted octanol–water partition coefficient (Wildman–Crippen LogP) is 3.86. The van der Waals surface area contributed by atoms with E-state index in [2.05, 4.69) is 30.5 Å². The molecule has 2 N–H and O–H groups in total. The fraction of sp³-hybridized carbons (Fsp3) is 0.417. The zero-order valence-electron chi connectivity index (χ0n) is 19.8. The van der Waals surface area contributed by atoms with Gasteiger partial charge in [0.1, 0.15) is 11.6 Å². The lowest BCUT2D eigenvalue weighted by Crippen LogP contribution is -2.43. The minimum Gasteiger partial charge on any atom is -0.481 e. The standard InChI is InChI=1S/C24H27FN6O2S.2ClH/c1-33-22-5-3-19-23(30-22)17(18(25)13-27-19)8-11-31-9-6-15(7-10-31)26-12-16-2-4-20-24(28-16)29-21(32)14-34-20;;/h2-5,13,15,26H,6-12,14H2,1H3,(H,28,29,32);2*1H. The number of nitrogens with one attached hydrogen (secondary N) is 2. The van der Waals surface area contributed by atoms with Crippen LogP contribution >= 0.6 is 36.6 Å². The molecule has 36 heavy (non-hydrogen) atoms. The summed E-state index contributed by atoms with van der Waals surface area (Å²) in [4.78, 5) is 28.2. The number of fused-ring (bicyclic) bond motifs is 2. The highest BCUT2D eigenvalue weighted by Gasteiger charge is 2.21. The summed E-state index contributed by atoms with van der Waals surface area (Å²) < 4.78 is 19.8. The van der Waals surface area contributed by atoms with Gasteiger partial charge in [-0.15, -0.1) is 36.6 Å². The molecule has 0 radical (unpaired) electrons. The number of aromatic nitrogens is 3. The van der Waals surface area contributed by atoms with E-state index in [-0.39, 0.29) is 36.5 Å². The van der Waals surface area contributed by atoms with Crippen LogP contribution < -0.4 is 15.4 Å². The molecule has 2 aliphatic rings. The Morgan fingerprint density at radius 1 is 1.19 bits per heavy atom. The molecule has 0 spiro atoms. The van der Waals surface area contributed by atoms with Crippen LogP contribution in [0.2, 0.25) is 0 Å². The zero-order chi connectivity index (χ0) is 23.5. The number of carbonyl (C=O) groups is 1. The first kappa shape index (κ1) is 28.3. The number of ether oxygens (including phenoxy) is 1. The lowest BCUT2D eigenvalue weighted by Gasteiger charge is -2.32. The van der Waals surface area contributed by atoms with Crippen LogP contribution in [0, 0.1) is 5.82 Å². The van der Waals surface area contributed by atoms with E-state index in [1.807, 2.05) is 18.2 Å². The van der Waals surface area contributed by atoms with Crippen LogP contribution in [0.3, 0.4) is 0 Å². The third-order valence-corrected chi connectivity index (χ3v) is 7.37. The summed E-state index contributed by atoms with van der Waals surface area (Å²) in [7, 11) is 1.55. The average Bonchev–Trinajstić information content (AvgIpc) is 2.87. The summed E-state index contributed by atoms with van der Waals surface area (Å²) in [6.07, 6.45) is 3.89. The molecule has 1 saturated heterocycles. The Hall–Kier alpha value is -2.24. The Labute approximate surface area is 226 Å². The number of carbonyl (C=O) groups excluding carboxylic acids is 1. The summed E-state index contributed by atoms with van der Waals surface area (Å²) in [5.74, 6) is 1.24. The lowest BCUT2D eigenvalue weighted by atomic mass is 10.0. The van der Waals surface area contributed by atoms with Gasteiger partial charge in [0.2, 0.25) is 11.8 Å². The summed E-state index contributed by atoms with van der Waals surface area (Å²) in [5, 5.41) is 6.44. The molecule has 194 valence electrons. The Morgan fingerprint density at radius 3 is 2.78 bits per heavy atom. The summed E-state index contributed by atoms with van der Waals surface area (Å²) in [5.41, 5.74) is 2.76. The highest BCUT2D eigenvalue weighted by atomic mass is 35.5. The lowest BCUT2D eigenvalue weighted by molar-refractivity contribution is -0.113. The number of nitrogens with zero attached hydrogens (tertiary/aromatic N) is 4. The number of thioether (sulfide) groups is 1. The van der Waals surface area contributed by atoms with Gasteiger partial charge in [-0.1, -0.05) is 0 Å². The molecule has 8 nitrogen and oxygen atoms in total. The van der Waals surface area contributed by atoms with Gasteiger partial charge < -0.3 is 20.3 Å². The van der Waals surface area contributed by atoms with Crippen molar-refractivity contribution >= 4 is 59.3 Å². The van der Waals surface area contributed by atoms with Crippen LogP contribution in [-0.4, -0.2) is 64.3 Å². The summed E-state index contributed by atoms with van der Waals surface area (Å²) in [6, 6.07) is 8.00. The molecule has 0 unspecified atom stereocenters. The Morgan fingerprint density at radius 2 is 2.00 bits per heavy atom. The fourth-order valence-corrected chi connectivity index (χ4v) is 5.17. The van der Waals surface area contributed by atoms with Gasteiger partial charge in [-0.2, -0.15) is 0 Å². The van der Waals surface area contributed by atoms with E-state index < -0.39 is 0 Å². The first-order valence-electron chi connectivity index (χ1n) is 11.5. The monoisotopic (exact) mass is 554 g/mol. The van der Waals surface area contributed by atoms with Gasteiger partial charge in [0.05, 0.1) is 40.7 Å². The van der Waals surface area contributed by atoms with Crippen molar-refractivity contribution in [3.05, 3.63) is 47.5 Å². The van der Waals surface area contributed by atoms with Gasteiger partial charge in [0.15, 0.2) is 0 Å². The van der Waals surface area contributed by atoms with Gasteiger partial charge in [-0.25, -0.2) is 14.4 Å². The third kappa shape index (κ3) is 6.54. The number of rotatable bonds is 7. The zero-order valence-corrected chi connectivity index (χ0v) is 22.3.